The normalized spacial score (nSPS) is 18.8. The number of nitrogens with one attached hydrogen (secondary N) is 1. The lowest BCUT2D eigenvalue weighted by atomic mass is 9.91. The van der Waals surface area contributed by atoms with Crippen LogP contribution in [0, 0.1) is 12.7 Å². The molecule has 2 aliphatic rings. The molecule has 214 valence electrons. The highest BCUT2D eigenvalue weighted by Gasteiger charge is 2.42. The topological polar surface area (TPSA) is 84.5 Å². The van der Waals surface area contributed by atoms with Gasteiger partial charge in [0.1, 0.15) is 11.3 Å². The maximum absolute atomic E-state index is 16.8. The van der Waals surface area contributed by atoms with Gasteiger partial charge in [-0.15, -0.1) is 0 Å². The lowest BCUT2D eigenvalue weighted by Gasteiger charge is -2.52. The smallest absolute Gasteiger partial charge is 0.246 e. The molecule has 0 unspecified atom stereocenters. The number of anilines is 2. The molecule has 1 atom stereocenters. The van der Waals surface area contributed by atoms with Gasteiger partial charge in [0.05, 0.1) is 22.3 Å². The number of carbonyl (C=O) groups is 1. The number of nitrogens with zero attached hydrogens (tertiary/aromatic N) is 7. The van der Waals surface area contributed by atoms with E-state index in [1.165, 1.54) is 6.08 Å². The molecule has 41 heavy (non-hydrogen) atoms. The summed E-state index contributed by atoms with van der Waals surface area (Å²) >= 11 is 6.89. The number of halogens is 2. The second-order valence-corrected chi connectivity index (χ2v) is 12.1. The summed E-state index contributed by atoms with van der Waals surface area (Å²) in [4.78, 5) is 30.4. The Morgan fingerprint density at radius 2 is 1.95 bits per heavy atom. The Labute approximate surface area is 243 Å². The average molecular weight is 577 g/mol. The van der Waals surface area contributed by atoms with Gasteiger partial charge in [-0.2, -0.15) is 10.1 Å². The number of fused-ring (bicyclic) bond motifs is 2. The fraction of sp³-hybridized carbons (Fsp3) is 0.400. The van der Waals surface area contributed by atoms with E-state index in [0.717, 1.165) is 29.6 Å². The number of aromatic nitrogens is 4. The summed E-state index contributed by atoms with van der Waals surface area (Å²) in [6, 6.07) is 5.55. The summed E-state index contributed by atoms with van der Waals surface area (Å²) in [5.41, 5.74) is 2.87. The minimum Gasteiger partial charge on any atom is -0.352 e. The highest BCUT2D eigenvalue weighted by atomic mass is 35.5. The number of hydrogen-bond acceptors (Lipinski definition) is 7. The van der Waals surface area contributed by atoms with Crippen LogP contribution in [0.4, 0.5) is 16.2 Å². The van der Waals surface area contributed by atoms with Gasteiger partial charge in [-0.05, 0) is 58.6 Å². The van der Waals surface area contributed by atoms with Gasteiger partial charge in [0.25, 0.3) is 0 Å². The molecule has 0 spiro atoms. The molecule has 11 heteroatoms. The van der Waals surface area contributed by atoms with Gasteiger partial charge in [-0.3, -0.25) is 9.89 Å². The molecule has 2 saturated heterocycles. The summed E-state index contributed by atoms with van der Waals surface area (Å²) in [5, 5.41) is 8.76. The second-order valence-electron chi connectivity index (χ2n) is 11.7. The number of rotatable bonds is 5. The van der Waals surface area contributed by atoms with Gasteiger partial charge < -0.3 is 19.6 Å². The van der Waals surface area contributed by atoms with Crippen LogP contribution >= 0.6 is 11.6 Å². The molecule has 0 bridgehead atoms. The Morgan fingerprint density at radius 3 is 2.63 bits per heavy atom. The first-order chi connectivity index (χ1) is 19.5. The molecule has 2 aromatic carbocycles. The number of H-pyrrole nitrogens is 1. The number of amides is 1. The first kappa shape index (κ1) is 27.4. The molecular formula is C30H34ClFN8O. The molecule has 0 aliphatic carbocycles. The maximum atomic E-state index is 16.8. The number of aromatic amines is 1. The molecule has 0 radical (unpaired) electrons. The molecule has 9 nitrogen and oxygen atoms in total. The van der Waals surface area contributed by atoms with Crippen LogP contribution in [0.5, 0.6) is 0 Å². The predicted molar refractivity (Wildman–Crippen MR) is 162 cm³/mol. The van der Waals surface area contributed by atoms with E-state index in [0.29, 0.717) is 47.9 Å². The zero-order valence-electron chi connectivity index (χ0n) is 24.0. The van der Waals surface area contributed by atoms with Crippen molar-refractivity contribution in [3.8, 4) is 11.1 Å². The molecule has 2 aliphatic heterocycles. The molecule has 4 aromatic rings. The van der Waals surface area contributed by atoms with Crippen LogP contribution in [-0.4, -0.2) is 94.3 Å². The number of carbonyl (C=O) groups excluding carboxylic acids is 1. The van der Waals surface area contributed by atoms with E-state index in [2.05, 4.69) is 52.5 Å². The first-order valence-corrected chi connectivity index (χ1v) is 14.1. The van der Waals surface area contributed by atoms with E-state index >= 15 is 4.39 Å². The third-order valence-corrected chi connectivity index (χ3v) is 9.04. The third kappa shape index (κ3) is 4.40. The number of aryl methyl sites for hydroxylation is 1. The van der Waals surface area contributed by atoms with Crippen molar-refractivity contribution in [2.45, 2.75) is 32.4 Å². The fourth-order valence-electron chi connectivity index (χ4n) is 6.03. The number of benzene rings is 2. The van der Waals surface area contributed by atoms with Crippen LogP contribution < -0.4 is 9.80 Å². The monoisotopic (exact) mass is 576 g/mol. The minimum absolute atomic E-state index is 0.0264. The van der Waals surface area contributed by atoms with E-state index in [-0.39, 0.29) is 28.0 Å². The Morgan fingerprint density at radius 1 is 1.20 bits per heavy atom. The van der Waals surface area contributed by atoms with Crippen molar-refractivity contribution in [3.63, 3.8) is 0 Å². The van der Waals surface area contributed by atoms with Gasteiger partial charge in [-0.1, -0.05) is 24.2 Å². The SMILES string of the molecule is C=CC(=O)N1CCN(c2nc(N3CC(C)(N(C)C)C3)nc3c(F)c(-c4c(C)ccc5[nH]ncc45)c(Cl)cc23)C[C@H]1C. The Balaban J connectivity index is 1.52. The Bertz CT molecular complexity index is 1700. The quantitative estimate of drug-likeness (QED) is 0.347. The van der Waals surface area contributed by atoms with E-state index in [4.69, 9.17) is 21.6 Å². The molecule has 6 rings (SSSR count). The molecule has 0 saturated carbocycles. The van der Waals surface area contributed by atoms with Crippen LogP contribution in [0.15, 0.2) is 37.1 Å². The molecule has 2 fully saturated rings. The van der Waals surface area contributed by atoms with Crippen molar-refractivity contribution in [2.75, 3.05) is 56.6 Å². The zero-order valence-corrected chi connectivity index (χ0v) is 24.8. The summed E-state index contributed by atoms with van der Waals surface area (Å²) in [7, 11) is 4.12. The van der Waals surface area contributed by atoms with Crippen molar-refractivity contribution in [3.05, 3.63) is 53.5 Å². The van der Waals surface area contributed by atoms with Gasteiger partial charge in [0, 0.05) is 60.7 Å². The largest absolute Gasteiger partial charge is 0.352 e. The summed E-state index contributed by atoms with van der Waals surface area (Å²) in [6.45, 7) is 12.8. The Kier molecular flexibility index (Phi) is 6.66. The minimum atomic E-state index is -0.487. The van der Waals surface area contributed by atoms with Gasteiger partial charge in [-0.25, -0.2) is 9.37 Å². The maximum Gasteiger partial charge on any atom is 0.246 e. The van der Waals surface area contributed by atoms with E-state index in [1.54, 1.807) is 17.2 Å². The predicted octanol–water partition coefficient (Wildman–Crippen LogP) is 4.64. The van der Waals surface area contributed by atoms with Crippen LogP contribution in [0.25, 0.3) is 32.9 Å². The van der Waals surface area contributed by atoms with Crippen molar-refractivity contribution in [1.29, 1.82) is 0 Å². The van der Waals surface area contributed by atoms with Crippen molar-refractivity contribution < 1.29 is 9.18 Å². The van der Waals surface area contributed by atoms with Gasteiger partial charge >= 0.3 is 0 Å². The van der Waals surface area contributed by atoms with E-state index < -0.39 is 5.82 Å². The van der Waals surface area contributed by atoms with E-state index in [1.807, 2.05) is 26.0 Å². The molecule has 1 N–H and O–H groups in total. The van der Waals surface area contributed by atoms with Gasteiger partial charge in [0.2, 0.25) is 11.9 Å². The lowest BCUT2D eigenvalue weighted by Crippen LogP contribution is -2.67. The molecule has 1 amide bonds. The number of piperazine rings is 1. The summed E-state index contributed by atoms with van der Waals surface area (Å²) in [5.74, 6) is 0.510. The molecule has 2 aromatic heterocycles. The van der Waals surface area contributed by atoms with Crippen LogP contribution in [0.2, 0.25) is 5.02 Å². The van der Waals surface area contributed by atoms with E-state index in [9.17, 15) is 4.79 Å². The zero-order chi connectivity index (χ0) is 29.2. The highest BCUT2D eigenvalue weighted by Crippen LogP contribution is 2.43. The number of hydrogen-bond donors (Lipinski definition) is 1. The summed E-state index contributed by atoms with van der Waals surface area (Å²) in [6.07, 6.45) is 3.04. The van der Waals surface area contributed by atoms with Crippen molar-refractivity contribution in [1.82, 2.24) is 30.0 Å². The third-order valence-electron chi connectivity index (χ3n) is 8.74. The lowest BCUT2D eigenvalue weighted by molar-refractivity contribution is -0.128. The fourth-order valence-corrected chi connectivity index (χ4v) is 6.32. The molecule has 4 heterocycles. The standard InChI is InChI=1S/C30H34ClFN8O/c1-7-23(41)40-11-10-38(14-18(40)3)28-19-12-21(31)25(24-17(2)8-9-22-20(24)13-33-36-22)26(32)27(19)34-29(35-28)39-15-30(4,16-39)37(5)6/h7-9,12-13,18H,1,10-11,14-16H2,2-6H3,(H,33,36)/t18-/m1/s1. The highest BCUT2D eigenvalue weighted by molar-refractivity contribution is 6.35. The summed E-state index contributed by atoms with van der Waals surface area (Å²) < 4.78 is 16.8. The van der Waals surface area contributed by atoms with Crippen LogP contribution in [0.1, 0.15) is 19.4 Å². The van der Waals surface area contributed by atoms with Crippen LogP contribution in [0.3, 0.4) is 0 Å². The van der Waals surface area contributed by atoms with Crippen LogP contribution in [-0.2, 0) is 4.79 Å². The first-order valence-electron chi connectivity index (χ1n) is 13.8. The Hall–Kier alpha value is -3.76. The number of likely N-dealkylation sites (N-methyl/N-ethyl adjacent to an activating group) is 1. The average Bonchev–Trinajstić information content (AvgIpc) is 3.40. The van der Waals surface area contributed by atoms with Crippen molar-refractivity contribution >= 4 is 51.1 Å². The molecular weight excluding hydrogens is 543 g/mol. The van der Waals surface area contributed by atoms with Crippen molar-refractivity contribution in [2.24, 2.45) is 0 Å². The second kappa shape index (κ2) is 9.95. The van der Waals surface area contributed by atoms with Gasteiger partial charge in [0.15, 0.2) is 5.82 Å².